The lowest BCUT2D eigenvalue weighted by atomic mass is 10.1. The van der Waals surface area contributed by atoms with Crippen LogP contribution in [0.2, 0.25) is 0 Å². The highest BCUT2D eigenvalue weighted by Crippen LogP contribution is 2.26. The van der Waals surface area contributed by atoms with Gasteiger partial charge in [0.25, 0.3) is 0 Å². The van der Waals surface area contributed by atoms with Crippen molar-refractivity contribution in [2.45, 2.75) is 52.8 Å². The fraction of sp³-hybridized carbons (Fsp3) is 0.556. The minimum absolute atomic E-state index is 0.260. The van der Waals surface area contributed by atoms with E-state index in [9.17, 15) is 5.11 Å². The molecule has 134 valence electrons. The number of piperazine rings is 1. The molecule has 3 heterocycles. The van der Waals surface area contributed by atoms with Gasteiger partial charge in [0.1, 0.15) is 23.6 Å². The number of aliphatic hydroxyl groups excluding tert-OH is 1. The summed E-state index contributed by atoms with van der Waals surface area (Å²) in [7, 11) is 0. The molecule has 1 saturated heterocycles. The van der Waals surface area contributed by atoms with E-state index < -0.39 is 6.10 Å². The zero-order chi connectivity index (χ0) is 18.1. The molecule has 25 heavy (non-hydrogen) atoms. The monoisotopic (exact) mass is 342 g/mol. The van der Waals surface area contributed by atoms with Gasteiger partial charge in [-0.05, 0) is 40.7 Å². The van der Waals surface area contributed by atoms with E-state index >= 15 is 0 Å². The Morgan fingerprint density at radius 2 is 1.76 bits per heavy atom. The topological polar surface area (TPSA) is 78.3 Å². The van der Waals surface area contributed by atoms with Gasteiger partial charge in [0.2, 0.25) is 0 Å². The highest BCUT2D eigenvalue weighted by Gasteiger charge is 2.31. The lowest BCUT2D eigenvalue weighted by Crippen LogP contribution is -2.57. The van der Waals surface area contributed by atoms with Gasteiger partial charge in [-0.15, -0.1) is 0 Å². The Kier molecular flexibility index (Phi) is 4.85. The molecule has 0 radical (unpaired) electrons. The molecule has 3 atom stereocenters. The summed E-state index contributed by atoms with van der Waals surface area (Å²) in [4.78, 5) is 22.3. The van der Waals surface area contributed by atoms with Crippen LogP contribution >= 0.6 is 0 Å². The summed E-state index contributed by atoms with van der Waals surface area (Å²) in [6.07, 6.45) is 1.05. The predicted octanol–water partition coefficient (Wildman–Crippen LogP) is 2.04. The smallest absolute Gasteiger partial charge is 0.158 e. The number of aromatic nitrogens is 4. The van der Waals surface area contributed by atoms with Crippen molar-refractivity contribution in [3.05, 3.63) is 35.7 Å². The van der Waals surface area contributed by atoms with Gasteiger partial charge >= 0.3 is 0 Å². The Morgan fingerprint density at radius 1 is 1.08 bits per heavy atom. The molecule has 0 amide bonds. The summed E-state index contributed by atoms with van der Waals surface area (Å²) in [6, 6.07) is 4.47. The molecule has 1 unspecified atom stereocenters. The van der Waals surface area contributed by atoms with Crippen molar-refractivity contribution in [3.63, 3.8) is 0 Å². The van der Waals surface area contributed by atoms with E-state index in [-0.39, 0.29) is 12.1 Å². The standard InChI is InChI=1S/C18H26N6O/c1-11-8-17(21-15(5)20-11)23-9-12(2)24(13(3)10-23)16-6-7-19-18(22-16)14(4)25/h6-8,12-14,25H,9-10H2,1-5H3/t12-,13?,14+/m0/s1. The van der Waals surface area contributed by atoms with Crippen molar-refractivity contribution in [1.29, 1.82) is 0 Å². The first-order valence-electron chi connectivity index (χ1n) is 8.71. The fourth-order valence-corrected chi connectivity index (χ4v) is 3.53. The number of aliphatic hydroxyl groups is 1. The lowest BCUT2D eigenvalue weighted by molar-refractivity contribution is 0.189. The van der Waals surface area contributed by atoms with Crippen LogP contribution in [0.3, 0.4) is 0 Å². The van der Waals surface area contributed by atoms with E-state index in [1.54, 1.807) is 13.1 Å². The van der Waals surface area contributed by atoms with Gasteiger partial charge in [0.05, 0.1) is 0 Å². The van der Waals surface area contributed by atoms with Crippen LogP contribution in [0.1, 0.15) is 44.2 Å². The maximum Gasteiger partial charge on any atom is 0.158 e. The minimum atomic E-state index is -0.668. The molecular formula is C18H26N6O. The van der Waals surface area contributed by atoms with Crippen LogP contribution in [0.4, 0.5) is 11.6 Å². The average molecular weight is 342 g/mol. The highest BCUT2D eigenvalue weighted by molar-refractivity contribution is 5.48. The second kappa shape index (κ2) is 6.92. The molecule has 1 aliphatic rings. The Balaban J connectivity index is 1.84. The molecule has 0 aromatic carbocycles. The average Bonchev–Trinajstić information content (AvgIpc) is 2.53. The van der Waals surface area contributed by atoms with Gasteiger partial charge in [-0.25, -0.2) is 19.9 Å². The van der Waals surface area contributed by atoms with Crippen LogP contribution in [0.25, 0.3) is 0 Å². The molecule has 1 fully saturated rings. The third-order valence-electron chi connectivity index (χ3n) is 4.49. The maximum absolute atomic E-state index is 9.76. The van der Waals surface area contributed by atoms with Crippen molar-refractivity contribution >= 4 is 11.6 Å². The Hall–Kier alpha value is -2.28. The summed E-state index contributed by atoms with van der Waals surface area (Å²) in [5.41, 5.74) is 0.989. The number of rotatable bonds is 3. The van der Waals surface area contributed by atoms with Crippen molar-refractivity contribution in [1.82, 2.24) is 19.9 Å². The van der Waals surface area contributed by atoms with E-state index in [0.29, 0.717) is 5.82 Å². The van der Waals surface area contributed by atoms with Gasteiger partial charge in [-0.3, -0.25) is 0 Å². The van der Waals surface area contributed by atoms with Gasteiger partial charge in [0.15, 0.2) is 5.82 Å². The summed E-state index contributed by atoms with van der Waals surface area (Å²) in [5, 5.41) is 9.76. The van der Waals surface area contributed by atoms with E-state index in [4.69, 9.17) is 0 Å². The lowest BCUT2D eigenvalue weighted by Gasteiger charge is -2.45. The van der Waals surface area contributed by atoms with Crippen LogP contribution in [0.5, 0.6) is 0 Å². The number of aryl methyl sites for hydroxylation is 2. The number of nitrogens with zero attached hydrogens (tertiary/aromatic N) is 6. The Morgan fingerprint density at radius 3 is 2.36 bits per heavy atom. The molecule has 0 aliphatic carbocycles. The fourth-order valence-electron chi connectivity index (χ4n) is 3.53. The largest absolute Gasteiger partial charge is 0.385 e. The van der Waals surface area contributed by atoms with E-state index in [2.05, 4.69) is 43.6 Å². The normalized spacial score (nSPS) is 22.2. The molecule has 2 aromatic rings. The van der Waals surface area contributed by atoms with E-state index in [0.717, 1.165) is 36.2 Å². The first-order chi connectivity index (χ1) is 11.8. The van der Waals surface area contributed by atoms with Gasteiger partial charge in [-0.1, -0.05) is 0 Å². The second-order valence-corrected chi connectivity index (χ2v) is 6.87. The Bertz CT molecular complexity index is 718. The van der Waals surface area contributed by atoms with Crippen LogP contribution < -0.4 is 9.80 Å². The summed E-state index contributed by atoms with van der Waals surface area (Å²) < 4.78 is 0. The maximum atomic E-state index is 9.76. The number of anilines is 2. The summed E-state index contributed by atoms with van der Waals surface area (Å²) in [5.74, 6) is 3.10. The number of hydrogen-bond acceptors (Lipinski definition) is 7. The predicted molar refractivity (Wildman–Crippen MR) is 97.8 cm³/mol. The van der Waals surface area contributed by atoms with E-state index in [1.807, 2.05) is 26.0 Å². The first kappa shape index (κ1) is 17.5. The third-order valence-corrected chi connectivity index (χ3v) is 4.49. The van der Waals surface area contributed by atoms with Crippen molar-refractivity contribution < 1.29 is 5.11 Å². The summed E-state index contributed by atoms with van der Waals surface area (Å²) in [6.45, 7) is 11.7. The van der Waals surface area contributed by atoms with Crippen LogP contribution in [0.15, 0.2) is 18.3 Å². The summed E-state index contributed by atoms with van der Waals surface area (Å²) >= 11 is 0. The van der Waals surface area contributed by atoms with Crippen LogP contribution in [-0.2, 0) is 0 Å². The zero-order valence-corrected chi connectivity index (χ0v) is 15.5. The molecular weight excluding hydrogens is 316 g/mol. The Labute approximate surface area is 148 Å². The van der Waals surface area contributed by atoms with Crippen molar-refractivity contribution in [3.8, 4) is 0 Å². The van der Waals surface area contributed by atoms with E-state index in [1.165, 1.54) is 0 Å². The molecule has 0 spiro atoms. The minimum Gasteiger partial charge on any atom is -0.385 e. The van der Waals surface area contributed by atoms with Gasteiger partial charge in [-0.2, -0.15) is 0 Å². The third kappa shape index (κ3) is 3.71. The molecule has 0 bridgehead atoms. The molecule has 3 rings (SSSR count). The van der Waals surface area contributed by atoms with Gasteiger partial charge < -0.3 is 14.9 Å². The van der Waals surface area contributed by atoms with Crippen LogP contribution in [0, 0.1) is 13.8 Å². The molecule has 7 heteroatoms. The molecule has 0 saturated carbocycles. The molecule has 1 aliphatic heterocycles. The second-order valence-electron chi connectivity index (χ2n) is 6.87. The van der Waals surface area contributed by atoms with Crippen LogP contribution in [-0.4, -0.2) is 50.2 Å². The van der Waals surface area contributed by atoms with Crippen molar-refractivity contribution in [2.24, 2.45) is 0 Å². The molecule has 7 nitrogen and oxygen atoms in total. The molecule has 1 N–H and O–H groups in total. The zero-order valence-electron chi connectivity index (χ0n) is 15.5. The SMILES string of the molecule is Cc1cc(N2CC(C)N(c3ccnc([C@@H](C)O)n3)[C@@H](C)C2)nc(C)n1. The number of hydrogen-bond donors (Lipinski definition) is 1. The van der Waals surface area contributed by atoms with Gasteiger partial charge in [0, 0.05) is 43.1 Å². The molecule has 2 aromatic heterocycles. The highest BCUT2D eigenvalue weighted by atomic mass is 16.3. The first-order valence-corrected chi connectivity index (χ1v) is 8.71. The van der Waals surface area contributed by atoms with Crippen molar-refractivity contribution in [2.75, 3.05) is 22.9 Å². The quantitative estimate of drug-likeness (QED) is 0.914.